The molecule has 6 nitrogen and oxygen atoms in total. The quantitative estimate of drug-likeness (QED) is 0.775. The van der Waals surface area contributed by atoms with Crippen molar-refractivity contribution in [2.75, 3.05) is 20.6 Å². The highest BCUT2D eigenvalue weighted by Crippen LogP contribution is 2.10. The SMILES string of the molecule is CN(C)C(C)(C)CNCc1c(C(=O)O)cnn1C. The number of hydrogen-bond acceptors (Lipinski definition) is 4. The van der Waals surface area contributed by atoms with Crippen molar-refractivity contribution in [3.05, 3.63) is 17.5 Å². The summed E-state index contributed by atoms with van der Waals surface area (Å²) in [5.41, 5.74) is 0.965. The van der Waals surface area contributed by atoms with Crippen molar-refractivity contribution >= 4 is 5.97 Å². The van der Waals surface area contributed by atoms with Gasteiger partial charge in [0.25, 0.3) is 0 Å². The Hall–Kier alpha value is -1.40. The average Bonchev–Trinajstić information content (AvgIpc) is 2.60. The van der Waals surface area contributed by atoms with E-state index in [4.69, 9.17) is 5.11 Å². The molecule has 0 radical (unpaired) electrons. The standard InChI is InChI=1S/C12H22N4O2/c1-12(2,15(3)4)8-13-7-10-9(11(17)18)6-14-16(10)5/h6,13H,7-8H2,1-5H3,(H,17,18). The third-order valence-electron chi connectivity index (χ3n) is 3.35. The van der Waals surface area contributed by atoms with Crippen molar-refractivity contribution in [1.82, 2.24) is 20.0 Å². The number of likely N-dealkylation sites (N-methyl/N-ethyl adjacent to an activating group) is 1. The molecule has 0 amide bonds. The van der Waals surface area contributed by atoms with Gasteiger partial charge in [0.15, 0.2) is 0 Å². The van der Waals surface area contributed by atoms with Crippen LogP contribution >= 0.6 is 0 Å². The molecule has 0 fully saturated rings. The molecule has 0 aliphatic rings. The number of aromatic carboxylic acids is 1. The van der Waals surface area contributed by atoms with E-state index in [0.717, 1.165) is 6.54 Å². The first kappa shape index (κ1) is 14.7. The van der Waals surface area contributed by atoms with E-state index in [9.17, 15) is 4.79 Å². The lowest BCUT2D eigenvalue weighted by Gasteiger charge is -2.32. The molecule has 6 heteroatoms. The molecule has 0 bridgehead atoms. The zero-order valence-corrected chi connectivity index (χ0v) is 11.7. The Labute approximate surface area is 108 Å². The van der Waals surface area contributed by atoms with Crippen LogP contribution in [0.5, 0.6) is 0 Å². The molecule has 1 rings (SSSR count). The molecule has 0 saturated heterocycles. The minimum absolute atomic E-state index is 0.0159. The maximum atomic E-state index is 11.0. The minimum atomic E-state index is -0.938. The summed E-state index contributed by atoms with van der Waals surface area (Å²) >= 11 is 0. The van der Waals surface area contributed by atoms with E-state index in [1.54, 1.807) is 11.7 Å². The molecule has 102 valence electrons. The van der Waals surface area contributed by atoms with Crippen LogP contribution in [-0.4, -0.2) is 51.9 Å². The third-order valence-corrected chi connectivity index (χ3v) is 3.35. The van der Waals surface area contributed by atoms with Crippen LogP contribution in [-0.2, 0) is 13.6 Å². The second-order valence-electron chi connectivity index (χ2n) is 5.24. The highest BCUT2D eigenvalue weighted by Gasteiger charge is 2.21. The van der Waals surface area contributed by atoms with Crippen LogP contribution < -0.4 is 5.32 Å². The number of aryl methyl sites for hydroxylation is 1. The summed E-state index contributed by atoms with van der Waals surface area (Å²) in [6, 6.07) is 0. The zero-order chi connectivity index (χ0) is 13.9. The zero-order valence-electron chi connectivity index (χ0n) is 11.7. The summed E-state index contributed by atoms with van der Waals surface area (Å²) in [7, 11) is 5.80. The topological polar surface area (TPSA) is 70.4 Å². The number of rotatable bonds is 6. The van der Waals surface area contributed by atoms with Gasteiger partial charge in [0, 0.05) is 25.7 Å². The van der Waals surface area contributed by atoms with Crippen LogP contribution in [0.4, 0.5) is 0 Å². The van der Waals surface area contributed by atoms with Crippen molar-refractivity contribution in [3.8, 4) is 0 Å². The van der Waals surface area contributed by atoms with E-state index < -0.39 is 5.97 Å². The smallest absolute Gasteiger partial charge is 0.339 e. The molecule has 0 spiro atoms. The Balaban J connectivity index is 2.65. The van der Waals surface area contributed by atoms with E-state index in [2.05, 4.69) is 29.2 Å². The number of hydrogen-bond donors (Lipinski definition) is 2. The number of carboxylic acid groups (broad SMARTS) is 1. The molecule has 18 heavy (non-hydrogen) atoms. The lowest BCUT2D eigenvalue weighted by molar-refractivity contribution is 0.0695. The fourth-order valence-corrected chi connectivity index (χ4v) is 1.50. The Morgan fingerprint density at radius 1 is 1.56 bits per heavy atom. The van der Waals surface area contributed by atoms with Gasteiger partial charge < -0.3 is 15.3 Å². The van der Waals surface area contributed by atoms with Gasteiger partial charge in [0.05, 0.1) is 11.9 Å². The molecule has 0 aliphatic carbocycles. The lowest BCUT2D eigenvalue weighted by atomic mass is 10.0. The molecule has 2 N–H and O–H groups in total. The molecule has 0 atom stereocenters. The number of carbonyl (C=O) groups is 1. The monoisotopic (exact) mass is 254 g/mol. The Morgan fingerprint density at radius 2 is 2.17 bits per heavy atom. The van der Waals surface area contributed by atoms with Gasteiger partial charge in [-0.15, -0.1) is 0 Å². The summed E-state index contributed by atoms with van der Waals surface area (Å²) in [4.78, 5) is 13.1. The van der Waals surface area contributed by atoms with E-state index >= 15 is 0 Å². The van der Waals surface area contributed by atoms with Crippen molar-refractivity contribution in [2.24, 2.45) is 7.05 Å². The van der Waals surface area contributed by atoms with Crippen LogP contribution in [0, 0.1) is 0 Å². The third kappa shape index (κ3) is 3.30. The fourth-order valence-electron chi connectivity index (χ4n) is 1.50. The van der Waals surface area contributed by atoms with Crippen LogP contribution in [0.15, 0.2) is 6.20 Å². The maximum Gasteiger partial charge on any atom is 0.339 e. The van der Waals surface area contributed by atoms with Gasteiger partial charge in [-0.2, -0.15) is 5.10 Å². The van der Waals surface area contributed by atoms with Gasteiger partial charge in [0.2, 0.25) is 0 Å². The number of carboxylic acids is 1. The Morgan fingerprint density at radius 3 is 2.67 bits per heavy atom. The molecule has 1 aromatic heterocycles. The van der Waals surface area contributed by atoms with Crippen LogP contribution in [0.2, 0.25) is 0 Å². The molecular weight excluding hydrogens is 232 g/mol. The largest absolute Gasteiger partial charge is 0.478 e. The van der Waals surface area contributed by atoms with Gasteiger partial charge in [-0.25, -0.2) is 4.79 Å². The molecule has 1 heterocycles. The van der Waals surface area contributed by atoms with Gasteiger partial charge in [0.1, 0.15) is 5.56 Å². The number of nitrogens with zero attached hydrogens (tertiary/aromatic N) is 3. The molecule has 0 aromatic carbocycles. The van der Waals surface area contributed by atoms with Crippen molar-refractivity contribution in [1.29, 1.82) is 0 Å². The van der Waals surface area contributed by atoms with E-state index in [1.807, 2.05) is 14.1 Å². The second kappa shape index (κ2) is 5.49. The van der Waals surface area contributed by atoms with Crippen molar-refractivity contribution in [2.45, 2.75) is 25.9 Å². The highest BCUT2D eigenvalue weighted by molar-refractivity contribution is 5.88. The first-order chi connectivity index (χ1) is 8.25. The molecule has 1 aromatic rings. The van der Waals surface area contributed by atoms with Crippen LogP contribution in [0.3, 0.4) is 0 Å². The van der Waals surface area contributed by atoms with E-state index in [0.29, 0.717) is 12.2 Å². The summed E-state index contributed by atoms with van der Waals surface area (Å²) in [6.07, 6.45) is 1.39. The van der Waals surface area contributed by atoms with Crippen molar-refractivity contribution in [3.63, 3.8) is 0 Å². The van der Waals surface area contributed by atoms with E-state index in [1.165, 1.54) is 6.20 Å². The van der Waals surface area contributed by atoms with Gasteiger partial charge in [-0.1, -0.05) is 0 Å². The predicted octanol–water partition coefficient (Wildman–Crippen LogP) is 0.548. The van der Waals surface area contributed by atoms with Gasteiger partial charge >= 0.3 is 5.97 Å². The summed E-state index contributed by atoms with van der Waals surface area (Å²) in [6.45, 7) is 5.52. The molecular formula is C12H22N4O2. The average molecular weight is 254 g/mol. The molecule has 0 saturated carbocycles. The molecule has 0 aliphatic heterocycles. The second-order valence-corrected chi connectivity index (χ2v) is 5.24. The summed E-state index contributed by atoms with van der Waals surface area (Å²) in [5.74, 6) is -0.938. The van der Waals surface area contributed by atoms with E-state index in [-0.39, 0.29) is 11.1 Å². The molecule has 0 unspecified atom stereocenters. The normalized spacial score (nSPS) is 12.1. The highest BCUT2D eigenvalue weighted by atomic mass is 16.4. The maximum absolute atomic E-state index is 11.0. The summed E-state index contributed by atoms with van der Waals surface area (Å²) in [5, 5.41) is 16.3. The number of aromatic nitrogens is 2. The first-order valence-corrected chi connectivity index (χ1v) is 5.88. The van der Waals surface area contributed by atoms with Gasteiger partial charge in [-0.3, -0.25) is 4.68 Å². The predicted molar refractivity (Wildman–Crippen MR) is 69.6 cm³/mol. The van der Waals surface area contributed by atoms with Crippen molar-refractivity contribution < 1.29 is 9.90 Å². The Bertz CT molecular complexity index is 424. The lowest BCUT2D eigenvalue weighted by Crippen LogP contribution is -2.46. The van der Waals surface area contributed by atoms with Crippen LogP contribution in [0.1, 0.15) is 29.9 Å². The van der Waals surface area contributed by atoms with Crippen LogP contribution in [0.25, 0.3) is 0 Å². The minimum Gasteiger partial charge on any atom is -0.478 e. The number of nitrogens with one attached hydrogen (secondary N) is 1. The first-order valence-electron chi connectivity index (χ1n) is 5.88. The summed E-state index contributed by atoms with van der Waals surface area (Å²) < 4.78 is 1.60. The fraction of sp³-hybridized carbons (Fsp3) is 0.667. The Kier molecular flexibility index (Phi) is 4.48. The van der Waals surface area contributed by atoms with Gasteiger partial charge in [-0.05, 0) is 27.9 Å².